The molecule has 2 atom stereocenters. The van der Waals surface area contributed by atoms with Crippen LogP contribution in [0.5, 0.6) is 0 Å². The molecule has 2 aromatic carbocycles. The van der Waals surface area contributed by atoms with Gasteiger partial charge in [-0.1, -0.05) is 18.2 Å². The lowest BCUT2D eigenvalue weighted by Crippen LogP contribution is -2.42. The minimum Gasteiger partial charge on any atom is -0.374 e. The van der Waals surface area contributed by atoms with Gasteiger partial charge in [0.05, 0.1) is 17.1 Å². The molecule has 3 aromatic heterocycles. The van der Waals surface area contributed by atoms with Crippen LogP contribution in [0.4, 0.5) is 27.6 Å². The molecule has 1 amide bonds. The number of imidazole rings is 1. The average molecular weight is 612 g/mol. The second-order valence-electron chi connectivity index (χ2n) is 10.4. The number of hydrogen-bond donors (Lipinski definition) is 2. The van der Waals surface area contributed by atoms with Crippen LogP contribution >= 0.6 is 0 Å². The molecule has 13 heteroatoms. The number of halogens is 5. The molecule has 0 saturated carbocycles. The van der Waals surface area contributed by atoms with Crippen LogP contribution in [0.25, 0.3) is 27.7 Å². The number of hydrogen-bond acceptors (Lipinski definition) is 5. The number of alkyl halides is 3. The summed E-state index contributed by atoms with van der Waals surface area (Å²) >= 11 is 0. The van der Waals surface area contributed by atoms with Gasteiger partial charge in [0, 0.05) is 42.8 Å². The van der Waals surface area contributed by atoms with E-state index in [1.54, 1.807) is 35.8 Å². The Bertz CT molecular complexity index is 1960. The second-order valence-corrected chi connectivity index (χ2v) is 10.4. The molecule has 0 radical (unpaired) electrons. The molecule has 5 rings (SSSR count). The Morgan fingerprint density at radius 1 is 1.00 bits per heavy atom. The third-order valence-corrected chi connectivity index (χ3v) is 7.41. The van der Waals surface area contributed by atoms with E-state index in [1.807, 2.05) is 29.6 Å². The molecule has 0 unspecified atom stereocenters. The van der Waals surface area contributed by atoms with Crippen molar-refractivity contribution in [3.05, 3.63) is 100 Å². The van der Waals surface area contributed by atoms with Crippen molar-refractivity contribution in [3.8, 4) is 11.1 Å². The van der Waals surface area contributed by atoms with Gasteiger partial charge in [-0.3, -0.25) is 14.4 Å². The summed E-state index contributed by atoms with van der Waals surface area (Å²) in [5.74, 6) is -4.58. The summed E-state index contributed by atoms with van der Waals surface area (Å²) in [7, 11) is 1.67. The minimum absolute atomic E-state index is 0.101. The number of anilines is 1. The molecule has 44 heavy (non-hydrogen) atoms. The van der Waals surface area contributed by atoms with Crippen LogP contribution in [0.2, 0.25) is 0 Å². The first kappa shape index (κ1) is 30.4. The molecule has 0 bridgehead atoms. The zero-order valence-electron chi connectivity index (χ0n) is 23.7. The predicted molar refractivity (Wildman–Crippen MR) is 155 cm³/mol. The van der Waals surface area contributed by atoms with Crippen LogP contribution in [0.15, 0.2) is 71.8 Å². The number of rotatable bonds is 8. The summed E-state index contributed by atoms with van der Waals surface area (Å²) < 4.78 is 71.3. The number of benzene rings is 2. The van der Waals surface area contributed by atoms with Gasteiger partial charge in [-0.15, -0.1) is 0 Å². The van der Waals surface area contributed by atoms with Crippen molar-refractivity contribution in [2.24, 2.45) is 7.05 Å². The van der Waals surface area contributed by atoms with E-state index in [0.29, 0.717) is 34.6 Å². The Kier molecular flexibility index (Phi) is 7.98. The normalized spacial score (nSPS) is 13.2. The molecule has 0 aliphatic heterocycles. The lowest BCUT2D eigenvalue weighted by Gasteiger charge is -2.20. The van der Waals surface area contributed by atoms with E-state index >= 15 is 0 Å². The van der Waals surface area contributed by atoms with Crippen LogP contribution in [0.1, 0.15) is 29.9 Å². The van der Waals surface area contributed by atoms with Crippen molar-refractivity contribution in [1.29, 1.82) is 0 Å². The van der Waals surface area contributed by atoms with Crippen LogP contribution in [0.3, 0.4) is 0 Å². The van der Waals surface area contributed by atoms with Gasteiger partial charge < -0.3 is 19.6 Å². The monoisotopic (exact) mass is 611 g/mol. The Labute approximate surface area is 247 Å². The number of nitrogens with one attached hydrogen (secondary N) is 2. The van der Waals surface area contributed by atoms with Gasteiger partial charge in [-0.05, 0) is 55.6 Å². The number of pyridine rings is 2. The van der Waals surface area contributed by atoms with Gasteiger partial charge in [-0.2, -0.15) is 13.2 Å². The maximum absolute atomic E-state index is 14.8. The van der Waals surface area contributed by atoms with Gasteiger partial charge >= 0.3 is 6.18 Å². The minimum atomic E-state index is -4.67. The van der Waals surface area contributed by atoms with E-state index in [2.05, 4.69) is 10.3 Å². The Hall–Kier alpha value is -5.07. The van der Waals surface area contributed by atoms with Gasteiger partial charge in [0.25, 0.3) is 11.5 Å². The molecule has 8 nitrogen and oxygen atoms in total. The first-order valence-electron chi connectivity index (χ1n) is 13.4. The maximum Gasteiger partial charge on any atom is 0.408 e. The van der Waals surface area contributed by atoms with Gasteiger partial charge in [-0.25, -0.2) is 13.8 Å². The van der Waals surface area contributed by atoms with E-state index in [4.69, 9.17) is 0 Å². The summed E-state index contributed by atoms with van der Waals surface area (Å²) in [5, 5.41) is 5.12. The third-order valence-electron chi connectivity index (χ3n) is 7.41. The number of amides is 1. The zero-order valence-corrected chi connectivity index (χ0v) is 23.7. The molecule has 0 saturated heterocycles. The molecular formula is C31H26F5N5O3. The SMILES string of the molecule is CC(=O)[C@H](Cc1ccc(-c2cc3ccccc3n(C)c2=O)c2nccn12)NC(=O)c1c(F)cc(N[C@H](C)C(F)(F)F)cc1F. The Balaban J connectivity index is 1.43. The second kappa shape index (κ2) is 11.5. The molecule has 3 heterocycles. The van der Waals surface area contributed by atoms with Crippen molar-refractivity contribution in [1.82, 2.24) is 19.3 Å². The lowest BCUT2D eigenvalue weighted by molar-refractivity contribution is -0.138. The quantitative estimate of drug-likeness (QED) is 0.228. The molecule has 228 valence electrons. The molecule has 5 aromatic rings. The van der Waals surface area contributed by atoms with E-state index < -0.39 is 52.8 Å². The molecule has 2 N–H and O–H groups in total. The number of nitrogens with zero attached hydrogens (tertiary/aromatic N) is 3. The molecule has 0 fully saturated rings. The van der Waals surface area contributed by atoms with Crippen molar-refractivity contribution in [2.75, 3.05) is 5.32 Å². The first-order valence-corrected chi connectivity index (χ1v) is 13.4. The van der Waals surface area contributed by atoms with E-state index in [0.717, 1.165) is 17.8 Å². The fourth-order valence-corrected chi connectivity index (χ4v) is 5.00. The number of para-hydroxylation sites is 1. The standard InChI is InChI=1S/C31H26F5N5O3/c1-16(42)25(39-29(43)27-23(32)13-19(14-24(27)33)38-17(2)31(34,35)36)15-20-8-9-21(28-37-10-11-41(20)28)22-12-18-6-4-5-7-26(18)40(3)30(22)44/h4-14,17,25,38H,15H2,1-3H3,(H,39,43)/t17-,25+/m1/s1. The molecule has 0 aliphatic carbocycles. The number of aromatic nitrogens is 3. The maximum atomic E-state index is 14.8. The molecular weight excluding hydrogens is 585 g/mol. The lowest BCUT2D eigenvalue weighted by atomic mass is 10.0. The number of ketones is 1. The number of carbonyl (C=O) groups excluding carboxylic acids is 2. The third kappa shape index (κ3) is 5.77. The Morgan fingerprint density at radius 3 is 2.34 bits per heavy atom. The number of Topliss-reactive ketones (excluding diaryl/α,β-unsaturated/α-hetero) is 1. The fourth-order valence-electron chi connectivity index (χ4n) is 5.00. The topological polar surface area (TPSA) is 97.5 Å². The Morgan fingerprint density at radius 2 is 1.68 bits per heavy atom. The van der Waals surface area contributed by atoms with Crippen LogP contribution in [0, 0.1) is 11.6 Å². The highest BCUT2D eigenvalue weighted by molar-refractivity contribution is 5.98. The number of fused-ring (bicyclic) bond motifs is 2. The largest absolute Gasteiger partial charge is 0.408 e. The van der Waals surface area contributed by atoms with Crippen molar-refractivity contribution in [2.45, 2.75) is 38.5 Å². The average Bonchev–Trinajstić information content (AvgIpc) is 3.44. The van der Waals surface area contributed by atoms with E-state index in [1.165, 1.54) is 17.7 Å². The van der Waals surface area contributed by atoms with Crippen molar-refractivity contribution < 1.29 is 31.5 Å². The van der Waals surface area contributed by atoms with Gasteiger partial charge in [0.1, 0.15) is 28.9 Å². The van der Waals surface area contributed by atoms with E-state index in [-0.39, 0.29) is 12.0 Å². The zero-order chi connectivity index (χ0) is 31.9. The number of carbonyl (C=O) groups is 2. The highest BCUT2D eigenvalue weighted by atomic mass is 19.4. The van der Waals surface area contributed by atoms with Crippen molar-refractivity contribution in [3.63, 3.8) is 0 Å². The van der Waals surface area contributed by atoms with Gasteiger partial charge in [0.2, 0.25) is 0 Å². The fraction of sp³-hybridized carbons (Fsp3) is 0.226. The summed E-state index contributed by atoms with van der Waals surface area (Å²) in [6.45, 7) is 1.97. The molecule has 0 aliphatic rings. The predicted octanol–water partition coefficient (Wildman–Crippen LogP) is 5.42. The summed E-state index contributed by atoms with van der Waals surface area (Å²) in [5.41, 5.74) is 0.813. The molecule has 0 spiro atoms. The van der Waals surface area contributed by atoms with Crippen LogP contribution in [-0.4, -0.2) is 43.9 Å². The van der Waals surface area contributed by atoms with E-state index in [9.17, 15) is 36.3 Å². The highest BCUT2D eigenvalue weighted by Crippen LogP contribution is 2.27. The first-order chi connectivity index (χ1) is 20.8. The summed E-state index contributed by atoms with van der Waals surface area (Å²) in [6, 6.07) is 10.3. The van der Waals surface area contributed by atoms with Gasteiger partial charge in [0.15, 0.2) is 5.78 Å². The van der Waals surface area contributed by atoms with Crippen molar-refractivity contribution >= 4 is 33.9 Å². The smallest absolute Gasteiger partial charge is 0.374 e. The summed E-state index contributed by atoms with van der Waals surface area (Å²) in [6.07, 6.45) is -1.64. The van der Waals surface area contributed by atoms with Crippen LogP contribution < -0.4 is 16.2 Å². The number of aryl methyl sites for hydroxylation is 1. The van der Waals surface area contributed by atoms with Crippen LogP contribution in [-0.2, 0) is 18.3 Å². The highest BCUT2D eigenvalue weighted by Gasteiger charge is 2.36. The summed E-state index contributed by atoms with van der Waals surface area (Å²) in [4.78, 5) is 43.1.